The van der Waals surface area contributed by atoms with Crippen LogP contribution in [-0.4, -0.2) is 36.9 Å². The van der Waals surface area contributed by atoms with Crippen LogP contribution in [0.5, 0.6) is 0 Å². The van der Waals surface area contributed by atoms with Crippen LogP contribution in [0, 0.1) is 0 Å². The van der Waals surface area contributed by atoms with Crippen LogP contribution in [0.2, 0.25) is 5.02 Å². The minimum Gasteiger partial charge on any atom is -0.322 e. The molecule has 1 aliphatic heterocycles. The van der Waals surface area contributed by atoms with Crippen molar-refractivity contribution in [2.45, 2.75) is 13.0 Å². The second-order valence-corrected chi connectivity index (χ2v) is 8.29. The molecule has 3 aromatic rings. The first kappa shape index (κ1) is 18.4. The molecule has 1 N–H and O–H groups in total. The molecule has 3 nitrogen and oxygen atoms in total. The van der Waals surface area contributed by atoms with Gasteiger partial charge in [-0.15, -0.1) is 0 Å². The van der Waals surface area contributed by atoms with E-state index in [9.17, 15) is 0 Å². The van der Waals surface area contributed by atoms with E-state index in [1.165, 1.54) is 22.3 Å². The lowest BCUT2D eigenvalue weighted by molar-refractivity contribution is -0.929. The highest BCUT2D eigenvalue weighted by atomic mass is 35.5. The molecular formula is C25H25ClN3+. The number of rotatable bonds is 3. The summed E-state index contributed by atoms with van der Waals surface area (Å²) in [5, 5.41) is 7.83. The van der Waals surface area contributed by atoms with E-state index < -0.39 is 0 Å². The molecule has 0 spiro atoms. The van der Waals surface area contributed by atoms with Crippen molar-refractivity contribution in [2.24, 2.45) is 5.10 Å². The molecule has 29 heavy (non-hydrogen) atoms. The Balaban J connectivity index is 1.35. The lowest BCUT2D eigenvalue weighted by Crippen LogP contribution is -3.14. The van der Waals surface area contributed by atoms with Crippen molar-refractivity contribution in [3.63, 3.8) is 0 Å². The molecule has 2 aliphatic rings. The smallest absolute Gasteiger partial charge is 0.140 e. The molecule has 146 valence electrons. The van der Waals surface area contributed by atoms with Crippen LogP contribution in [0.4, 0.5) is 0 Å². The standard InChI is InChI=1S/C25H24ClN3/c1-18(19-8-6-7-13-24(19)26)27-29-16-14-28(15-17-29)25-22-11-4-2-9-20(22)21-10-3-5-12-23(21)25/h2-13,25H,14-17H2,1H3/p+1/b27-18-. The molecule has 5 rings (SSSR count). The summed E-state index contributed by atoms with van der Waals surface area (Å²) in [7, 11) is 0. The molecule has 1 heterocycles. The minimum atomic E-state index is 0.429. The van der Waals surface area contributed by atoms with Gasteiger partial charge in [0.05, 0.1) is 31.9 Å². The fourth-order valence-electron chi connectivity index (χ4n) is 4.79. The van der Waals surface area contributed by atoms with Crippen LogP contribution in [0.15, 0.2) is 77.9 Å². The molecule has 1 aliphatic carbocycles. The van der Waals surface area contributed by atoms with Crippen LogP contribution >= 0.6 is 11.6 Å². The molecule has 0 radical (unpaired) electrons. The zero-order valence-electron chi connectivity index (χ0n) is 16.6. The van der Waals surface area contributed by atoms with E-state index in [0.717, 1.165) is 42.5 Å². The minimum absolute atomic E-state index is 0.429. The van der Waals surface area contributed by atoms with Crippen LogP contribution in [0.1, 0.15) is 29.7 Å². The Hall–Kier alpha value is -2.62. The lowest BCUT2D eigenvalue weighted by atomic mass is 10.0. The third-order valence-corrected chi connectivity index (χ3v) is 6.51. The molecule has 0 bridgehead atoms. The topological polar surface area (TPSA) is 20.0 Å². The van der Waals surface area contributed by atoms with Gasteiger partial charge >= 0.3 is 0 Å². The third-order valence-electron chi connectivity index (χ3n) is 6.18. The number of piperazine rings is 1. The number of hydrazone groups is 1. The largest absolute Gasteiger partial charge is 0.322 e. The first-order chi connectivity index (χ1) is 14.2. The normalized spacial score (nSPS) is 17.3. The van der Waals surface area contributed by atoms with Gasteiger partial charge in [-0.1, -0.05) is 78.3 Å². The maximum atomic E-state index is 6.34. The Morgan fingerprint density at radius 2 is 1.41 bits per heavy atom. The van der Waals surface area contributed by atoms with Gasteiger partial charge in [0.15, 0.2) is 0 Å². The van der Waals surface area contributed by atoms with Gasteiger partial charge in [-0.2, -0.15) is 5.10 Å². The van der Waals surface area contributed by atoms with Crippen molar-refractivity contribution in [1.29, 1.82) is 0 Å². The number of nitrogens with one attached hydrogen (secondary N) is 1. The van der Waals surface area contributed by atoms with Crippen LogP contribution < -0.4 is 4.90 Å². The van der Waals surface area contributed by atoms with Gasteiger partial charge in [0.25, 0.3) is 0 Å². The summed E-state index contributed by atoms with van der Waals surface area (Å²) in [6, 6.07) is 26.1. The van der Waals surface area contributed by atoms with Gasteiger partial charge in [-0.3, -0.25) is 5.01 Å². The predicted octanol–water partition coefficient (Wildman–Crippen LogP) is 4.03. The Bertz CT molecular complexity index is 1020. The molecule has 0 atom stereocenters. The van der Waals surface area contributed by atoms with Gasteiger partial charge in [0, 0.05) is 21.7 Å². The number of nitrogens with zero attached hydrogens (tertiary/aromatic N) is 2. The maximum absolute atomic E-state index is 6.34. The summed E-state index contributed by atoms with van der Waals surface area (Å²) in [5.74, 6) is 0. The summed E-state index contributed by atoms with van der Waals surface area (Å²) < 4.78 is 0. The van der Waals surface area contributed by atoms with Crippen molar-refractivity contribution in [3.8, 4) is 11.1 Å². The molecule has 3 aromatic carbocycles. The number of hydrogen-bond acceptors (Lipinski definition) is 2. The van der Waals surface area contributed by atoms with E-state index in [-0.39, 0.29) is 0 Å². The second-order valence-electron chi connectivity index (χ2n) is 7.88. The van der Waals surface area contributed by atoms with Gasteiger partial charge < -0.3 is 4.90 Å². The average molecular weight is 403 g/mol. The van der Waals surface area contributed by atoms with Gasteiger partial charge in [0.1, 0.15) is 6.04 Å². The second kappa shape index (κ2) is 7.66. The molecule has 1 saturated heterocycles. The fraction of sp³-hybridized carbons (Fsp3) is 0.240. The Morgan fingerprint density at radius 1 is 0.862 bits per heavy atom. The van der Waals surface area contributed by atoms with Gasteiger partial charge in [-0.25, -0.2) is 0 Å². The highest BCUT2D eigenvalue weighted by Crippen LogP contribution is 2.41. The Kier molecular flexibility index (Phi) is 4.86. The van der Waals surface area contributed by atoms with Crippen LogP contribution in [0.3, 0.4) is 0 Å². The van der Waals surface area contributed by atoms with E-state index >= 15 is 0 Å². The van der Waals surface area contributed by atoms with Crippen molar-refractivity contribution in [2.75, 3.05) is 26.2 Å². The molecule has 0 unspecified atom stereocenters. The van der Waals surface area contributed by atoms with Crippen LogP contribution in [0.25, 0.3) is 11.1 Å². The quantitative estimate of drug-likeness (QED) is 0.655. The highest BCUT2D eigenvalue weighted by Gasteiger charge is 2.37. The summed E-state index contributed by atoms with van der Waals surface area (Å²) in [6.45, 7) is 6.11. The summed E-state index contributed by atoms with van der Waals surface area (Å²) in [4.78, 5) is 1.63. The first-order valence-electron chi connectivity index (χ1n) is 10.3. The van der Waals surface area contributed by atoms with Crippen LogP contribution in [-0.2, 0) is 0 Å². The number of hydrogen-bond donors (Lipinski definition) is 1. The zero-order valence-corrected chi connectivity index (χ0v) is 17.4. The first-order valence-corrected chi connectivity index (χ1v) is 10.7. The van der Waals surface area contributed by atoms with E-state index in [1.807, 2.05) is 31.2 Å². The zero-order chi connectivity index (χ0) is 19.8. The van der Waals surface area contributed by atoms with Crippen molar-refractivity contribution >= 4 is 17.3 Å². The Morgan fingerprint density at radius 3 is 2.03 bits per heavy atom. The molecule has 0 aromatic heterocycles. The average Bonchev–Trinajstić information content (AvgIpc) is 3.09. The summed E-state index contributed by atoms with van der Waals surface area (Å²) in [6.07, 6.45) is 0. The third kappa shape index (κ3) is 3.35. The number of fused-ring (bicyclic) bond motifs is 3. The highest BCUT2D eigenvalue weighted by molar-refractivity contribution is 6.34. The molecule has 1 fully saturated rings. The Labute approximate surface area is 177 Å². The summed E-state index contributed by atoms with van der Waals surface area (Å²) >= 11 is 6.34. The fourth-order valence-corrected chi connectivity index (χ4v) is 5.06. The van der Waals surface area contributed by atoms with Gasteiger partial charge in [-0.05, 0) is 24.1 Å². The molecule has 4 heteroatoms. The lowest BCUT2D eigenvalue weighted by Gasteiger charge is -2.35. The van der Waals surface area contributed by atoms with E-state index in [4.69, 9.17) is 16.7 Å². The van der Waals surface area contributed by atoms with Crippen molar-refractivity contribution < 1.29 is 4.90 Å². The maximum Gasteiger partial charge on any atom is 0.140 e. The van der Waals surface area contributed by atoms with Crippen molar-refractivity contribution in [3.05, 3.63) is 94.5 Å². The predicted molar refractivity (Wildman–Crippen MR) is 120 cm³/mol. The molecule has 0 amide bonds. The molecule has 0 saturated carbocycles. The number of halogens is 1. The van der Waals surface area contributed by atoms with E-state index in [0.29, 0.717) is 6.04 Å². The number of benzene rings is 3. The van der Waals surface area contributed by atoms with Crippen molar-refractivity contribution in [1.82, 2.24) is 5.01 Å². The van der Waals surface area contributed by atoms with Gasteiger partial charge in [0.2, 0.25) is 0 Å². The van der Waals surface area contributed by atoms with E-state index in [1.54, 1.807) is 4.90 Å². The number of quaternary nitrogens is 1. The summed E-state index contributed by atoms with van der Waals surface area (Å²) in [5.41, 5.74) is 7.73. The molecular weight excluding hydrogens is 378 g/mol. The SMILES string of the molecule is C/C(=N/N1CC[NH+](C2c3ccccc3-c3ccccc32)CC1)c1ccccc1Cl. The monoisotopic (exact) mass is 402 g/mol. The van der Waals surface area contributed by atoms with E-state index in [2.05, 4.69) is 53.5 Å².